The van der Waals surface area contributed by atoms with E-state index in [0.29, 0.717) is 5.56 Å². The lowest BCUT2D eigenvalue weighted by Crippen LogP contribution is -2.47. The maximum Gasteiger partial charge on any atom is 0.254 e. The Hall–Kier alpha value is -2.28. The second-order valence-electron chi connectivity index (χ2n) is 5.14. The molecule has 1 aromatic heterocycles. The SMILES string of the molecule is CN(C(=O)c1ccc(-n2cnnn2)cc1)C(C)(C)CO. The molecule has 0 radical (unpaired) electrons. The number of amides is 1. The first-order chi connectivity index (χ1) is 9.45. The highest BCUT2D eigenvalue weighted by atomic mass is 16.3. The maximum atomic E-state index is 12.3. The number of aromatic nitrogens is 4. The third kappa shape index (κ3) is 2.67. The molecule has 0 saturated carbocycles. The van der Waals surface area contributed by atoms with Crippen molar-refractivity contribution in [3.8, 4) is 5.69 Å². The highest BCUT2D eigenvalue weighted by Crippen LogP contribution is 2.16. The molecule has 0 aliphatic carbocycles. The molecule has 0 spiro atoms. The molecule has 0 bridgehead atoms. The molecule has 1 aromatic carbocycles. The molecular weight excluding hydrogens is 258 g/mol. The van der Waals surface area contributed by atoms with Crippen molar-refractivity contribution < 1.29 is 9.90 Å². The number of carbonyl (C=O) groups excluding carboxylic acids is 1. The summed E-state index contributed by atoms with van der Waals surface area (Å²) in [4.78, 5) is 13.8. The number of hydrogen-bond acceptors (Lipinski definition) is 5. The summed E-state index contributed by atoms with van der Waals surface area (Å²) >= 11 is 0. The Balaban J connectivity index is 2.20. The molecule has 1 N–H and O–H groups in total. The molecule has 1 amide bonds. The van der Waals surface area contributed by atoms with Gasteiger partial charge in [-0.2, -0.15) is 0 Å². The topological polar surface area (TPSA) is 84.1 Å². The van der Waals surface area contributed by atoms with E-state index in [-0.39, 0.29) is 12.5 Å². The zero-order valence-electron chi connectivity index (χ0n) is 11.7. The van der Waals surface area contributed by atoms with Gasteiger partial charge in [0.15, 0.2) is 0 Å². The summed E-state index contributed by atoms with van der Waals surface area (Å²) < 4.78 is 1.51. The monoisotopic (exact) mass is 275 g/mol. The minimum Gasteiger partial charge on any atom is -0.394 e. The number of likely N-dealkylation sites (N-methyl/N-ethyl adjacent to an activating group) is 1. The van der Waals surface area contributed by atoms with Crippen LogP contribution < -0.4 is 0 Å². The largest absolute Gasteiger partial charge is 0.394 e. The molecule has 0 aliphatic heterocycles. The van der Waals surface area contributed by atoms with E-state index in [4.69, 9.17) is 0 Å². The fourth-order valence-corrected chi connectivity index (χ4v) is 1.61. The van der Waals surface area contributed by atoms with Gasteiger partial charge in [-0.05, 0) is 48.5 Å². The Morgan fingerprint density at radius 1 is 1.35 bits per heavy atom. The van der Waals surface area contributed by atoms with E-state index >= 15 is 0 Å². The predicted octanol–water partition coefficient (Wildman–Crippen LogP) is 0.505. The van der Waals surface area contributed by atoms with Gasteiger partial charge in [0, 0.05) is 12.6 Å². The van der Waals surface area contributed by atoms with Crippen molar-refractivity contribution in [1.82, 2.24) is 25.1 Å². The van der Waals surface area contributed by atoms with Crippen molar-refractivity contribution in [3.05, 3.63) is 36.2 Å². The number of rotatable bonds is 4. The summed E-state index contributed by atoms with van der Waals surface area (Å²) in [7, 11) is 1.67. The van der Waals surface area contributed by atoms with Gasteiger partial charge in [0.25, 0.3) is 5.91 Å². The summed E-state index contributed by atoms with van der Waals surface area (Å²) in [5.74, 6) is -0.146. The summed E-state index contributed by atoms with van der Waals surface area (Å²) in [6.45, 7) is 3.51. The van der Waals surface area contributed by atoms with Crippen molar-refractivity contribution in [2.75, 3.05) is 13.7 Å². The van der Waals surface area contributed by atoms with Crippen LogP contribution in [0.1, 0.15) is 24.2 Å². The van der Waals surface area contributed by atoms with Crippen LogP contribution in [0.4, 0.5) is 0 Å². The molecule has 0 unspecified atom stereocenters. The molecule has 0 aliphatic rings. The number of carbonyl (C=O) groups is 1. The van der Waals surface area contributed by atoms with Crippen LogP contribution in [-0.4, -0.2) is 55.3 Å². The fraction of sp³-hybridized carbons (Fsp3) is 0.385. The third-order valence-electron chi connectivity index (χ3n) is 3.33. The van der Waals surface area contributed by atoms with E-state index in [2.05, 4.69) is 15.5 Å². The number of aliphatic hydroxyl groups is 1. The van der Waals surface area contributed by atoms with Gasteiger partial charge in [-0.1, -0.05) is 0 Å². The first kappa shape index (κ1) is 14.1. The molecule has 7 heteroatoms. The lowest BCUT2D eigenvalue weighted by Gasteiger charge is -2.34. The number of hydrogen-bond donors (Lipinski definition) is 1. The number of tetrazole rings is 1. The van der Waals surface area contributed by atoms with Crippen molar-refractivity contribution in [2.45, 2.75) is 19.4 Å². The highest BCUT2D eigenvalue weighted by Gasteiger charge is 2.27. The van der Waals surface area contributed by atoms with Gasteiger partial charge in [-0.3, -0.25) is 4.79 Å². The Morgan fingerprint density at radius 3 is 2.50 bits per heavy atom. The van der Waals surface area contributed by atoms with Gasteiger partial charge < -0.3 is 10.0 Å². The van der Waals surface area contributed by atoms with Gasteiger partial charge in [0.05, 0.1) is 17.8 Å². The Morgan fingerprint density at radius 2 is 2.00 bits per heavy atom. The summed E-state index contributed by atoms with van der Waals surface area (Å²) in [6.07, 6.45) is 1.48. The van der Waals surface area contributed by atoms with E-state index in [1.54, 1.807) is 45.2 Å². The van der Waals surface area contributed by atoms with E-state index in [1.807, 2.05) is 0 Å². The van der Waals surface area contributed by atoms with Crippen molar-refractivity contribution in [1.29, 1.82) is 0 Å². The molecular formula is C13H17N5O2. The Labute approximate surface area is 116 Å². The predicted molar refractivity (Wildman–Crippen MR) is 72.4 cm³/mol. The number of nitrogens with zero attached hydrogens (tertiary/aromatic N) is 5. The standard InChI is InChI=1S/C13H17N5O2/c1-13(2,8-19)17(3)12(20)10-4-6-11(7-5-10)18-9-14-15-16-18/h4-7,9,19H,8H2,1-3H3. The van der Waals surface area contributed by atoms with Crippen LogP contribution in [0, 0.1) is 0 Å². The molecule has 0 saturated heterocycles. The zero-order valence-corrected chi connectivity index (χ0v) is 11.7. The highest BCUT2D eigenvalue weighted by molar-refractivity contribution is 5.94. The first-order valence-electron chi connectivity index (χ1n) is 6.18. The minimum atomic E-state index is -0.606. The van der Waals surface area contributed by atoms with Gasteiger partial charge in [0.1, 0.15) is 6.33 Å². The van der Waals surface area contributed by atoms with E-state index in [9.17, 15) is 9.90 Å². The van der Waals surface area contributed by atoms with Gasteiger partial charge in [-0.25, -0.2) is 4.68 Å². The first-order valence-corrected chi connectivity index (χ1v) is 6.18. The van der Waals surface area contributed by atoms with E-state index < -0.39 is 5.54 Å². The molecule has 20 heavy (non-hydrogen) atoms. The average Bonchev–Trinajstić information content (AvgIpc) is 3.00. The fourth-order valence-electron chi connectivity index (χ4n) is 1.61. The molecule has 2 aromatic rings. The second-order valence-corrected chi connectivity index (χ2v) is 5.14. The summed E-state index contributed by atoms with van der Waals surface area (Å²) in [5, 5.41) is 20.2. The third-order valence-corrected chi connectivity index (χ3v) is 3.33. The summed E-state index contributed by atoms with van der Waals surface area (Å²) in [5.41, 5.74) is 0.715. The zero-order chi connectivity index (χ0) is 14.8. The van der Waals surface area contributed by atoms with Crippen molar-refractivity contribution >= 4 is 5.91 Å². The Bertz CT molecular complexity index is 577. The quantitative estimate of drug-likeness (QED) is 0.878. The van der Waals surface area contributed by atoms with Crippen LogP contribution in [-0.2, 0) is 0 Å². The van der Waals surface area contributed by atoms with Gasteiger partial charge in [-0.15, -0.1) is 5.10 Å². The second kappa shape index (κ2) is 5.38. The van der Waals surface area contributed by atoms with Crippen LogP contribution in [0.2, 0.25) is 0 Å². The van der Waals surface area contributed by atoms with Crippen LogP contribution in [0.25, 0.3) is 5.69 Å². The van der Waals surface area contributed by atoms with E-state index in [0.717, 1.165) is 5.69 Å². The molecule has 0 fully saturated rings. The van der Waals surface area contributed by atoms with Crippen molar-refractivity contribution in [3.63, 3.8) is 0 Å². The number of benzene rings is 1. The number of aliphatic hydroxyl groups excluding tert-OH is 1. The van der Waals surface area contributed by atoms with Gasteiger partial charge in [0.2, 0.25) is 0 Å². The normalized spacial score (nSPS) is 11.4. The van der Waals surface area contributed by atoms with Crippen LogP contribution >= 0.6 is 0 Å². The van der Waals surface area contributed by atoms with Crippen LogP contribution in [0.15, 0.2) is 30.6 Å². The molecule has 2 rings (SSSR count). The van der Waals surface area contributed by atoms with E-state index in [1.165, 1.54) is 15.9 Å². The summed E-state index contributed by atoms with van der Waals surface area (Å²) in [6, 6.07) is 6.96. The maximum absolute atomic E-state index is 12.3. The molecule has 106 valence electrons. The molecule has 0 atom stereocenters. The van der Waals surface area contributed by atoms with Crippen LogP contribution in [0.5, 0.6) is 0 Å². The smallest absolute Gasteiger partial charge is 0.254 e. The minimum absolute atomic E-state index is 0.0993. The Kier molecular flexibility index (Phi) is 3.80. The average molecular weight is 275 g/mol. The van der Waals surface area contributed by atoms with Crippen molar-refractivity contribution in [2.24, 2.45) is 0 Å². The van der Waals surface area contributed by atoms with Crippen LogP contribution in [0.3, 0.4) is 0 Å². The lowest BCUT2D eigenvalue weighted by molar-refractivity contribution is 0.0473. The lowest BCUT2D eigenvalue weighted by atomic mass is 10.0. The molecule has 7 nitrogen and oxygen atoms in total. The molecule has 1 heterocycles. The van der Waals surface area contributed by atoms with Gasteiger partial charge >= 0.3 is 0 Å².